The van der Waals surface area contributed by atoms with E-state index in [1.54, 1.807) is 0 Å². The van der Waals surface area contributed by atoms with Crippen LogP contribution in [0, 0.1) is 11.3 Å². The molecule has 0 N–H and O–H groups in total. The molecule has 0 unspecified atom stereocenters. The van der Waals surface area contributed by atoms with Gasteiger partial charge in [-0.25, -0.2) is 4.98 Å². The number of hydrogen-bond donors (Lipinski definition) is 0. The van der Waals surface area contributed by atoms with Gasteiger partial charge in [-0.05, 0) is 25.0 Å². The highest BCUT2D eigenvalue weighted by atomic mass is 32.1. The van der Waals surface area contributed by atoms with E-state index in [-0.39, 0.29) is 0 Å². The Kier molecular flexibility index (Phi) is 2.99. The molecule has 18 heavy (non-hydrogen) atoms. The number of hydrogen-bond acceptors (Lipinski definition) is 4. The number of nitrogens with zero attached hydrogens (tertiary/aromatic N) is 3. The highest BCUT2D eigenvalue weighted by Gasteiger charge is 2.13. The number of anilines is 1. The molecule has 0 aliphatic carbocycles. The summed E-state index contributed by atoms with van der Waals surface area (Å²) in [5, 5.41) is 11.3. The van der Waals surface area contributed by atoms with Crippen LogP contribution in [0.1, 0.15) is 17.8 Å². The van der Waals surface area contributed by atoms with Crippen molar-refractivity contribution >= 4 is 17.0 Å². The lowest BCUT2D eigenvalue weighted by Crippen LogP contribution is -2.17. The lowest BCUT2D eigenvalue weighted by molar-refractivity contribution is 0.949. The predicted molar refractivity (Wildman–Crippen MR) is 73.7 cm³/mol. The molecule has 1 aromatic carbocycles. The molecule has 1 fully saturated rings. The third-order valence-electron chi connectivity index (χ3n) is 3.21. The first kappa shape index (κ1) is 11.2. The molecule has 2 aromatic rings. The van der Waals surface area contributed by atoms with Crippen molar-refractivity contribution in [3.05, 3.63) is 34.7 Å². The molecular formula is C14H13N3S. The van der Waals surface area contributed by atoms with Gasteiger partial charge in [-0.3, -0.25) is 0 Å². The maximum Gasteiger partial charge on any atom is 0.194 e. The van der Waals surface area contributed by atoms with Crippen LogP contribution in [-0.2, 0) is 0 Å². The van der Waals surface area contributed by atoms with E-state index >= 15 is 0 Å². The number of nitriles is 1. The van der Waals surface area contributed by atoms with Crippen LogP contribution in [0.4, 0.5) is 5.69 Å². The molecule has 0 saturated carbocycles. The molecular weight excluding hydrogens is 242 g/mol. The van der Waals surface area contributed by atoms with Crippen molar-refractivity contribution in [1.82, 2.24) is 4.98 Å². The maximum atomic E-state index is 8.81. The molecule has 1 saturated heterocycles. The van der Waals surface area contributed by atoms with E-state index in [2.05, 4.69) is 40.2 Å². The van der Waals surface area contributed by atoms with Crippen LogP contribution in [-0.4, -0.2) is 18.1 Å². The van der Waals surface area contributed by atoms with Gasteiger partial charge in [0.25, 0.3) is 0 Å². The second-order valence-corrected chi connectivity index (χ2v) is 5.25. The molecule has 3 rings (SSSR count). The summed E-state index contributed by atoms with van der Waals surface area (Å²) in [5.41, 5.74) is 3.26. The molecule has 1 aliphatic rings. The highest BCUT2D eigenvalue weighted by Crippen LogP contribution is 2.27. The quantitative estimate of drug-likeness (QED) is 0.826. The molecule has 1 aliphatic heterocycles. The summed E-state index contributed by atoms with van der Waals surface area (Å²) >= 11 is 1.40. The van der Waals surface area contributed by atoms with Crippen LogP contribution < -0.4 is 4.90 Å². The Balaban J connectivity index is 1.93. The first-order valence-corrected chi connectivity index (χ1v) is 6.96. The Bertz CT molecular complexity index is 591. The fourth-order valence-corrected chi connectivity index (χ4v) is 2.91. The molecule has 0 radical (unpaired) electrons. The van der Waals surface area contributed by atoms with Gasteiger partial charge in [-0.15, -0.1) is 11.3 Å². The number of aromatic nitrogens is 1. The van der Waals surface area contributed by atoms with Crippen LogP contribution in [0.25, 0.3) is 11.3 Å². The predicted octanol–water partition coefficient (Wildman–Crippen LogP) is 3.28. The van der Waals surface area contributed by atoms with Gasteiger partial charge in [0.1, 0.15) is 6.07 Å². The van der Waals surface area contributed by atoms with Gasteiger partial charge >= 0.3 is 0 Å². The number of thiazole rings is 1. The second kappa shape index (κ2) is 4.79. The first-order valence-electron chi connectivity index (χ1n) is 6.08. The summed E-state index contributed by atoms with van der Waals surface area (Å²) in [6, 6.07) is 10.5. The molecule has 0 bridgehead atoms. The van der Waals surface area contributed by atoms with Gasteiger partial charge in [0.15, 0.2) is 5.01 Å². The zero-order valence-electron chi connectivity index (χ0n) is 9.97. The minimum Gasteiger partial charge on any atom is -0.372 e. The summed E-state index contributed by atoms with van der Waals surface area (Å²) < 4.78 is 0. The molecule has 3 nitrogen and oxygen atoms in total. The number of benzene rings is 1. The standard InChI is InChI=1S/C14H13N3S/c15-9-14-16-13(10-18-14)11-4-3-5-12(8-11)17-6-1-2-7-17/h3-5,8,10H,1-2,6-7H2. The van der Waals surface area contributed by atoms with Crippen molar-refractivity contribution in [3.63, 3.8) is 0 Å². The van der Waals surface area contributed by atoms with Gasteiger partial charge in [0, 0.05) is 29.7 Å². The Labute approximate surface area is 110 Å². The topological polar surface area (TPSA) is 39.9 Å². The average Bonchev–Trinajstić information content (AvgIpc) is 3.10. The van der Waals surface area contributed by atoms with Gasteiger partial charge in [0.2, 0.25) is 0 Å². The van der Waals surface area contributed by atoms with Gasteiger partial charge < -0.3 is 4.90 Å². The molecule has 90 valence electrons. The SMILES string of the molecule is N#Cc1nc(-c2cccc(N3CCCC3)c2)cs1. The third-order valence-corrected chi connectivity index (χ3v) is 3.96. The van der Waals surface area contributed by atoms with Crippen molar-refractivity contribution in [1.29, 1.82) is 5.26 Å². The van der Waals surface area contributed by atoms with Crippen LogP contribution in [0.3, 0.4) is 0 Å². The van der Waals surface area contributed by atoms with Crippen molar-refractivity contribution in [2.24, 2.45) is 0 Å². The normalized spacial score (nSPS) is 14.7. The maximum absolute atomic E-state index is 8.81. The van der Waals surface area contributed by atoms with E-state index in [9.17, 15) is 0 Å². The van der Waals surface area contributed by atoms with E-state index in [0.717, 1.165) is 24.3 Å². The first-order chi connectivity index (χ1) is 8.86. The summed E-state index contributed by atoms with van der Waals surface area (Å²) in [5.74, 6) is 0. The molecule has 2 heterocycles. The van der Waals surface area contributed by atoms with Gasteiger partial charge in [0.05, 0.1) is 5.69 Å². The third kappa shape index (κ3) is 2.09. The zero-order chi connectivity index (χ0) is 12.4. The molecule has 0 spiro atoms. The lowest BCUT2D eigenvalue weighted by atomic mass is 10.1. The van der Waals surface area contributed by atoms with Gasteiger partial charge in [-0.2, -0.15) is 5.26 Å². The largest absolute Gasteiger partial charge is 0.372 e. The fraction of sp³-hybridized carbons (Fsp3) is 0.286. The van der Waals surface area contributed by atoms with E-state index in [4.69, 9.17) is 5.26 Å². The van der Waals surface area contributed by atoms with E-state index in [1.807, 2.05) is 5.38 Å². The molecule has 4 heteroatoms. The smallest absolute Gasteiger partial charge is 0.194 e. The van der Waals surface area contributed by atoms with Crippen LogP contribution in [0.5, 0.6) is 0 Å². The monoisotopic (exact) mass is 255 g/mol. The zero-order valence-corrected chi connectivity index (χ0v) is 10.8. The van der Waals surface area contributed by atoms with E-state index in [1.165, 1.54) is 29.9 Å². The summed E-state index contributed by atoms with van der Waals surface area (Å²) in [7, 11) is 0. The minimum atomic E-state index is 0.525. The average molecular weight is 255 g/mol. The Hall–Kier alpha value is -1.86. The molecule has 1 aromatic heterocycles. The van der Waals surface area contributed by atoms with Crippen LogP contribution >= 0.6 is 11.3 Å². The second-order valence-electron chi connectivity index (χ2n) is 4.39. The Morgan fingerprint density at radius 2 is 2.11 bits per heavy atom. The Morgan fingerprint density at radius 3 is 2.83 bits per heavy atom. The lowest BCUT2D eigenvalue weighted by Gasteiger charge is -2.17. The van der Waals surface area contributed by atoms with Crippen molar-refractivity contribution < 1.29 is 0 Å². The van der Waals surface area contributed by atoms with Crippen LogP contribution in [0.2, 0.25) is 0 Å². The summed E-state index contributed by atoms with van der Waals surface area (Å²) in [6.45, 7) is 2.29. The van der Waals surface area contributed by atoms with Crippen molar-refractivity contribution in [2.75, 3.05) is 18.0 Å². The molecule has 0 amide bonds. The van der Waals surface area contributed by atoms with E-state index in [0.29, 0.717) is 5.01 Å². The van der Waals surface area contributed by atoms with Gasteiger partial charge in [-0.1, -0.05) is 12.1 Å². The minimum absolute atomic E-state index is 0.525. The number of rotatable bonds is 2. The molecule has 0 atom stereocenters. The summed E-state index contributed by atoms with van der Waals surface area (Å²) in [6.07, 6.45) is 2.55. The van der Waals surface area contributed by atoms with Crippen molar-refractivity contribution in [2.45, 2.75) is 12.8 Å². The summed E-state index contributed by atoms with van der Waals surface area (Å²) in [4.78, 5) is 6.71. The fourth-order valence-electron chi connectivity index (χ4n) is 2.29. The van der Waals surface area contributed by atoms with E-state index < -0.39 is 0 Å². The van der Waals surface area contributed by atoms with Crippen LogP contribution in [0.15, 0.2) is 29.6 Å². The highest BCUT2D eigenvalue weighted by molar-refractivity contribution is 7.10. The Morgan fingerprint density at radius 1 is 1.28 bits per heavy atom. The van der Waals surface area contributed by atoms with Crippen molar-refractivity contribution in [3.8, 4) is 17.3 Å².